The predicted octanol–water partition coefficient (Wildman–Crippen LogP) is 4.02. The van der Waals surface area contributed by atoms with Crippen LogP contribution >= 0.6 is 0 Å². The van der Waals surface area contributed by atoms with Crippen molar-refractivity contribution in [3.8, 4) is 17.0 Å². The number of rotatable bonds is 5. The van der Waals surface area contributed by atoms with Gasteiger partial charge in [0.15, 0.2) is 6.10 Å². The molecule has 7 heteroatoms. The summed E-state index contributed by atoms with van der Waals surface area (Å²) in [4.78, 5) is 25.6. The molecular weight excluding hydrogens is 407 g/mol. The quantitative estimate of drug-likeness (QED) is 0.607. The topological polar surface area (TPSA) is 58.6 Å². The molecule has 32 heavy (non-hydrogen) atoms. The lowest BCUT2D eigenvalue weighted by Gasteiger charge is -2.36. The molecule has 0 N–H and O–H groups in total. The number of aryl methyl sites for hydroxylation is 2. The molecule has 1 unspecified atom stereocenters. The molecule has 0 radical (unpaired) electrons. The van der Waals surface area contributed by atoms with Gasteiger partial charge >= 0.3 is 0 Å². The molecule has 1 amide bonds. The minimum atomic E-state index is -0.550. The van der Waals surface area contributed by atoms with E-state index in [0.29, 0.717) is 26.2 Å². The maximum absolute atomic E-state index is 13.2. The highest BCUT2D eigenvalue weighted by molar-refractivity contribution is 5.81. The van der Waals surface area contributed by atoms with Gasteiger partial charge in [-0.25, -0.2) is 14.4 Å². The molecule has 2 heterocycles. The molecule has 1 atom stereocenters. The smallest absolute Gasteiger partial charge is 0.263 e. The van der Waals surface area contributed by atoms with Crippen molar-refractivity contribution in [2.45, 2.75) is 26.9 Å². The van der Waals surface area contributed by atoms with Crippen LogP contribution in [0.4, 0.5) is 10.2 Å². The highest BCUT2D eigenvalue weighted by Gasteiger charge is 2.27. The van der Waals surface area contributed by atoms with Crippen LogP contribution in [0.3, 0.4) is 0 Å². The Balaban J connectivity index is 1.37. The van der Waals surface area contributed by atoms with E-state index in [-0.39, 0.29) is 11.7 Å². The predicted molar refractivity (Wildman–Crippen MR) is 122 cm³/mol. The Hall–Kier alpha value is -3.48. The average Bonchev–Trinajstić information content (AvgIpc) is 2.81. The second kappa shape index (κ2) is 9.34. The van der Waals surface area contributed by atoms with E-state index in [2.05, 4.69) is 14.9 Å². The number of aromatic nitrogens is 2. The summed E-state index contributed by atoms with van der Waals surface area (Å²) in [6.07, 6.45) is 0.970. The maximum atomic E-state index is 13.2. The number of ether oxygens (including phenoxy) is 1. The first-order valence-electron chi connectivity index (χ1n) is 10.8. The molecule has 1 fully saturated rings. The van der Waals surface area contributed by atoms with Crippen LogP contribution in [0.1, 0.15) is 18.1 Å². The Morgan fingerprint density at radius 3 is 2.44 bits per heavy atom. The molecule has 1 aliphatic rings. The van der Waals surface area contributed by atoms with Crippen molar-refractivity contribution in [1.82, 2.24) is 14.9 Å². The molecule has 4 rings (SSSR count). The molecule has 0 spiro atoms. The molecule has 0 aliphatic carbocycles. The molecule has 1 aliphatic heterocycles. The Labute approximate surface area is 187 Å². The molecule has 0 bridgehead atoms. The van der Waals surface area contributed by atoms with E-state index in [1.165, 1.54) is 18.5 Å². The largest absolute Gasteiger partial charge is 0.481 e. The lowest BCUT2D eigenvalue weighted by atomic mass is 10.1. The summed E-state index contributed by atoms with van der Waals surface area (Å²) in [5, 5.41) is 0. The number of piperazine rings is 1. The van der Waals surface area contributed by atoms with Gasteiger partial charge in [0.25, 0.3) is 5.91 Å². The molecule has 6 nitrogen and oxygen atoms in total. The van der Waals surface area contributed by atoms with E-state index < -0.39 is 6.10 Å². The molecule has 3 aromatic rings. The third-order valence-corrected chi connectivity index (χ3v) is 5.70. The van der Waals surface area contributed by atoms with Crippen LogP contribution in [0, 0.1) is 19.7 Å². The monoisotopic (exact) mass is 434 g/mol. The summed E-state index contributed by atoms with van der Waals surface area (Å²) in [5.74, 6) is 1.25. The second-order valence-electron chi connectivity index (χ2n) is 8.11. The van der Waals surface area contributed by atoms with Crippen molar-refractivity contribution in [2.24, 2.45) is 0 Å². The average molecular weight is 435 g/mol. The van der Waals surface area contributed by atoms with Crippen LogP contribution in [0.2, 0.25) is 0 Å². The number of amides is 1. The highest BCUT2D eigenvalue weighted by atomic mass is 19.1. The number of halogens is 1. The van der Waals surface area contributed by atoms with Crippen LogP contribution in [0.5, 0.6) is 5.75 Å². The SMILES string of the molecule is Cc1ccc(C)c(OC(C)C(=O)N2CCN(c3cc(-c4ccc(F)cc4)ncn3)CC2)c1. The summed E-state index contributed by atoms with van der Waals surface area (Å²) in [7, 11) is 0. The molecule has 1 saturated heterocycles. The van der Waals surface area contributed by atoms with E-state index >= 15 is 0 Å². The number of benzene rings is 2. The zero-order valence-corrected chi connectivity index (χ0v) is 18.6. The van der Waals surface area contributed by atoms with Gasteiger partial charge in [-0.05, 0) is 62.2 Å². The van der Waals surface area contributed by atoms with E-state index in [1.807, 2.05) is 43.0 Å². The van der Waals surface area contributed by atoms with Gasteiger partial charge in [-0.3, -0.25) is 4.79 Å². The van der Waals surface area contributed by atoms with Crippen molar-refractivity contribution in [3.63, 3.8) is 0 Å². The summed E-state index contributed by atoms with van der Waals surface area (Å²) < 4.78 is 19.2. The van der Waals surface area contributed by atoms with Gasteiger partial charge in [0.1, 0.15) is 23.7 Å². The van der Waals surface area contributed by atoms with Crippen molar-refractivity contribution in [2.75, 3.05) is 31.1 Å². The third-order valence-electron chi connectivity index (χ3n) is 5.70. The summed E-state index contributed by atoms with van der Waals surface area (Å²) in [6.45, 7) is 8.31. The highest BCUT2D eigenvalue weighted by Crippen LogP contribution is 2.23. The number of carbonyl (C=O) groups is 1. The zero-order chi connectivity index (χ0) is 22.7. The fraction of sp³-hybridized carbons (Fsp3) is 0.320. The molecular formula is C25H27FN4O2. The van der Waals surface area contributed by atoms with E-state index in [4.69, 9.17) is 4.74 Å². The first-order valence-corrected chi connectivity index (χ1v) is 10.8. The third kappa shape index (κ3) is 4.88. The Morgan fingerprint density at radius 2 is 1.72 bits per heavy atom. The Bertz CT molecular complexity index is 1100. The van der Waals surface area contributed by atoms with Crippen LogP contribution in [-0.4, -0.2) is 53.1 Å². The van der Waals surface area contributed by atoms with Gasteiger partial charge in [-0.1, -0.05) is 12.1 Å². The van der Waals surface area contributed by atoms with Gasteiger partial charge in [0, 0.05) is 37.8 Å². The fourth-order valence-electron chi connectivity index (χ4n) is 3.79. The van der Waals surface area contributed by atoms with E-state index in [9.17, 15) is 9.18 Å². The second-order valence-corrected chi connectivity index (χ2v) is 8.11. The van der Waals surface area contributed by atoms with Crippen molar-refractivity contribution in [1.29, 1.82) is 0 Å². The van der Waals surface area contributed by atoms with Gasteiger partial charge < -0.3 is 14.5 Å². The van der Waals surface area contributed by atoms with Crippen molar-refractivity contribution >= 4 is 11.7 Å². The summed E-state index contributed by atoms with van der Waals surface area (Å²) in [5.41, 5.74) is 3.69. The Morgan fingerprint density at radius 1 is 1.00 bits per heavy atom. The zero-order valence-electron chi connectivity index (χ0n) is 18.6. The van der Waals surface area contributed by atoms with Crippen molar-refractivity contribution < 1.29 is 13.9 Å². The molecule has 0 saturated carbocycles. The molecule has 2 aromatic carbocycles. The van der Waals surface area contributed by atoms with Gasteiger partial charge in [0.2, 0.25) is 0 Å². The minimum Gasteiger partial charge on any atom is -0.481 e. The number of hydrogen-bond donors (Lipinski definition) is 0. The first kappa shape index (κ1) is 21.7. The summed E-state index contributed by atoms with van der Waals surface area (Å²) >= 11 is 0. The maximum Gasteiger partial charge on any atom is 0.263 e. The van der Waals surface area contributed by atoms with E-state index in [1.54, 1.807) is 19.1 Å². The number of anilines is 1. The van der Waals surface area contributed by atoms with E-state index in [0.717, 1.165) is 34.0 Å². The lowest BCUT2D eigenvalue weighted by Crippen LogP contribution is -2.52. The minimum absolute atomic E-state index is 0.0137. The van der Waals surface area contributed by atoms with Gasteiger partial charge in [-0.15, -0.1) is 0 Å². The van der Waals surface area contributed by atoms with Crippen LogP contribution in [0.15, 0.2) is 54.9 Å². The molecule has 1 aromatic heterocycles. The first-order chi connectivity index (χ1) is 15.4. The molecule has 166 valence electrons. The van der Waals surface area contributed by atoms with Crippen LogP contribution in [-0.2, 0) is 4.79 Å². The number of carbonyl (C=O) groups excluding carboxylic acids is 1. The standard InChI is InChI=1S/C25H27FN4O2/c1-17-4-5-18(2)23(14-17)32-19(3)25(31)30-12-10-29(11-13-30)24-15-22(27-16-28-24)20-6-8-21(26)9-7-20/h4-9,14-16,19H,10-13H2,1-3H3. The lowest BCUT2D eigenvalue weighted by molar-refractivity contribution is -0.138. The van der Waals surface area contributed by atoms with Crippen molar-refractivity contribution in [3.05, 3.63) is 71.8 Å². The van der Waals surface area contributed by atoms with Gasteiger partial charge in [-0.2, -0.15) is 0 Å². The normalized spacial score (nSPS) is 14.9. The van der Waals surface area contributed by atoms with Crippen LogP contribution in [0.25, 0.3) is 11.3 Å². The summed E-state index contributed by atoms with van der Waals surface area (Å²) in [6, 6.07) is 14.1. The van der Waals surface area contributed by atoms with Crippen LogP contribution < -0.4 is 9.64 Å². The Kier molecular flexibility index (Phi) is 6.35. The number of nitrogens with zero attached hydrogens (tertiary/aromatic N) is 4. The number of hydrogen-bond acceptors (Lipinski definition) is 5. The fourth-order valence-corrected chi connectivity index (χ4v) is 3.79. The van der Waals surface area contributed by atoms with Gasteiger partial charge in [0.05, 0.1) is 5.69 Å².